The zero-order chi connectivity index (χ0) is 26.2. The van der Waals surface area contributed by atoms with Crippen molar-refractivity contribution in [2.24, 2.45) is 0 Å². The Balaban J connectivity index is 1.62. The van der Waals surface area contributed by atoms with Crippen LogP contribution in [0, 0.1) is 0 Å². The van der Waals surface area contributed by atoms with Gasteiger partial charge in [-0.25, -0.2) is 14.6 Å². The number of carbonyl (C=O) groups excluding carboxylic acids is 4. The standard InChI is InChI=1S/C27H27N3O6/c1-18(24(31)29(3)20-12-7-5-8-13-20)35-26(33)22-16-11-17-23(28-22)27(34)36-19(2)25(32)30(4)21-14-9-6-10-15-21/h5-19H,1-4H3/t18-,19-/m0/s1. The predicted octanol–water partition coefficient (Wildman–Crippen LogP) is 3.50. The van der Waals surface area contributed by atoms with Crippen LogP contribution in [0.2, 0.25) is 0 Å². The van der Waals surface area contributed by atoms with Crippen LogP contribution < -0.4 is 9.80 Å². The molecule has 0 N–H and O–H groups in total. The van der Waals surface area contributed by atoms with E-state index < -0.39 is 36.0 Å². The molecule has 0 saturated carbocycles. The number of pyridine rings is 1. The molecular weight excluding hydrogens is 462 g/mol. The fourth-order valence-electron chi connectivity index (χ4n) is 3.31. The molecule has 0 saturated heterocycles. The molecule has 0 bridgehead atoms. The van der Waals surface area contributed by atoms with Gasteiger partial charge in [-0.1, -0.05) is 42.5 Å². The van der Waals surface area contributed by atoms with E-state index in [-0.39, 0.29) is 11.4 Å². The number of anilines is 2. The molecule has 2 aromatic carbocycles. The minimum absolute atomic E-state index is 0.174. The zero-order valence-electron chi connectivity index (χ0n) is 20.5. The normalized spacial score (nSPS) is 12.1. The second-order valence-electron chi connectivity index (χ2n) is 7.97. The van der Waals surface area contributed by atoms with Crippen molar-refractivity contribution in [1.29, 1.82) is 0 Å². The summed E-state index contributed by atoms with van der Waals surface area (Å²) < 4.78 is 10.5. The molecule has 1 heterocycles. The van der Waals surface area contributed by atoms with E-state index in [9.17, 15) is 19.2 Å². The average Bonchev–Trinajstić information content (AvgIpc) is 2.92. The lowest BCUT2D eigenvalue weighted by molar-refractivity contribution is -0.126. The smallest absolute Gasteiger partial charge is 0.357 e. The van der Waals surface area contributed by atoms with Crippen molar-refractivity contribution < 1.29 is 28.7 Å². The zero-order valence-corrected chi connectivity index (χ0v) is 20.5. The van der Waals surface area contributed by atoms with E-state index in [1.54, 1.807) is 62.6 Å². The van der Waals surface area contributed by atoms with E-state index in [1.165, 1.54) is 41.8 Å². The second kappa shape index (κ2) is 11.7. The Morgan fingerprint density at radius 1 is 0.611 bits per heavy atom. The number of ether oxygens (including phenoxy) is 2. The Morgan fingerprint density at radius 3 is 1.33 bits per heavy atom. The van der Waals surface area contributed by atoms with Gasteiger partial charge in [-0.3, -0.25) is 9.59 Å². The Labute approximate surface area is 209 Å². The number of nitrogens with zero attached hydrogens (tertiary/aromatic N) is 3. The van der Waals surface area contributed by atoms with Gasteiger partial charge in [0.2, 0.25) is 0 Å². The number of likely N-dealkylation sites (N-methyl/N-ethyl adjacent to an activating group) is 2. The molecule has 2 amide bonds. The number of para-hydroxylation sites is 2. The quantitative estimate of drug-likeness (QED) is 0.446. The molecule has 3 rings (SSSR count). The van der Waals surface area contributed by atoms with Gasteiger partial charge < -0.3 is 19.3 Å². The van der Waals surface area contributed by atoms with Gasteiger partial charge in [-0.2, -0.15) is 0 Å². The Hall–Kier alpha value is -4.53. The van der Waals surface area contributed by atoms with Crippen molar-refractivity contribution >= 4 is 35.1 Å². The Bertz CT molecular complexity index is 1140. The van der Waals surface area contributed by atoms with Crippen molar-refractivity contribution in [1.82, 2.24) is 4.98 Å². The fraction of sp³-hybridized carbons (Fsp3) is 0.222. The molecule has 1 aromatic heterocycles. The number of hydrogen-bond donors (Lipinski definition) is 0. The van der Waals surface area contributed by atoms with Crippen LogP contribution in [0.5, 0.6) is 0 Å². The maximum absolute atomic E-state index is 12.6. The summed E-state index contributed by atoms with van der Waals surface area (Å²) >= 11 is 0. The highest BCUT2D eigenvalue weighted by molar-refractivity contribution is 6.00. The summed E-state index contributed by atoms with van der Waals surface area (Å²) in [4.78, 5) is 57.3. The number of rotatable bonds is 8. The summed E-state index contributed by atoms with van der Waals surface area (Å²) in [5.74, 6) is -2.61. The number of aromatic nitrogens is 1. The van der Waals surface area contributed by atoms with E-state index in [4.69, 9.17) is 9.47 Å². The summed E-state index contributed by atoms with van der Waals surface area (Å²) in [6.45, 7) is 2.91. The summed E-state index contributed by atoms with van der Waals surface area (Å²) in [7, 11) is 3.16. The summed E-state index contributed by atoms with van der Waals surface area (Å²) in [5, 5.41) is 0. The molecule has 2 atom stereocenters. The molecule has 3 aromatic rings. The largest absolute Gasteiger partial charge is 0.448 e. The third kappa shape index (κ3) is 6.32. The Kier molecular flexibility index (Phi) is 8.51. The summed E-state index contributed by atoms with van der Waals surface area (Å²) in [5.41, 5.74) is 0.948. The molecule has 186 valence electrons. The van der Waals surface area contributed by atoms with Gasteiger partial charge in [0.05, 0.1) is 0 Å². The molecular formula is C27H27N3O6. The third-order valence-corrected chi connectivity index (χ3v) is 5.38. The summed E-state index contributed by atoms with van der Waals surface area (Å²) in [6, 6.07) is 22.0. The van der Waals surface area contributed by atoms with Gasteiger partial charge in [-0.15, -0.1) is 0 Å². The molecule has 36 heavy (non-hydrogen) atoms. The minimum atomic E-state index is -1.09. The van der Waals surface area contributed by atoms with Crippen LogP contribution >= 0.6 is 0 Å². The monoisotopic (exact) mass is 489 g/mol. The van der Waals surface area contributed by atoms with Crippen molar-refractivity contribution in [2.45, 2.75) is 26.1 Å². The first-order chi connectivity index (χ1) is 17.2. The van der Waals surface area contributed by atoms with Crippen molar-refractivity contribution in [2.75, 3.05) is 23.9 Å². The third-order valence-electron chi connectivity index (χ3n) is 5.38. The van der Waals surface area contributed by atoms with Crippen LogP contribution in [-0.4, -0.2) is 55.0 Å². The first-order valence-electron chi connectivity index (χ1n) is 11.2. The van der Waals surface area contributed by atoms with Crippen LogP contribution in [0.15, 0.2) is 78.9 Å². The molecule has 9 nitrogen and oxygen atoms in total. The first kappa shape index (κ1) is 26.1. The predicted molar refractivity (Wildman–Crippen MR) is 134 cm³/mol. The molecule has 0 aliphatic carbocycles. The highest BCUT2D eigenvalue weighted by Gasteiger charge is 2.26. The van der Waals surface area contributed by atoms with E-state index in [2.05, 4.69) is 4.98 Å². The molecule has 0 fully saturated rings. The average molecular weight is 490 g/mol. The van der Waals surface area contributed by atoms with Gasteiger partial charge in [0.25, 0.3) is 11.8 Å². The maximum Gasteiger partial charge on any atom is 0.357 e. The number of esters is 2. The number of carbonyl (C=O) groups is 4. The maximum atomic E-state index is 12.6. The first-order valence-corrected chi connectivity index (χ1v) is 11.2. The lowest BCUT2D eigenvalue weighted by Crippen LogP contribution is -2.38. The SMILES string of the molecule is C[C@H](OC(=O)c1cccc(C(=O)O[C@@H](C)C(=O)N(C)c2ccccc2)n1)C(=O)N(C)c1ccccc1. The number of amides is 2. The van der Waals surface area contributed by atoms with Crippen molar-refractivity contribution in [3.8, 4) is 0 Å². The van der Waals surface area contributed by atoms with Gasteiger partial charge in [0.1, 0.15) is 11.4 Å². The van der Waals surface area contributed by atoms with Gasteiger partial charge in [0.15, 0.2) is 12.2 Å². The molecule has 0 spiro atoms. The van der Waals surface area contributed by atoms with Gasteiger partial charge in [0, 0.05) is 25.5 Å². The molecule has 0 aliphatic heterocycles. The van der Waals surface area contributed by atoms with Crippen molar-refractivity contribution in [3.63, 3.8) is 0 Å². The van der Waals surface area contributed by atoms with Crippen LogP contribution in [0.25, 0.3) is 0 Å². The highest BCUT2D eigenvalue weighted by atomic mass is 16.6. The van der Waals surface area contributed by atoms with Crippen LogP contribution in [0.3, 0.4) is 0 Å². The van der Waals surface area contributed by atoms with E-state index in [1.807, 2.05) is 12.1 Å². The van der Waals surface area contributed by atoms with Gasteiger partial charge >= 0.3 is 11.9 Å². The summed E-state index contributed by atoms with van der Waals surface area (Å²) in [6.07, 6.45) is -2.18. The van der Waals surface area contributed by atoms with E-state index >= 15 is 0 Å². The Morgan fingerprint density at radius 2 is 0.972 bits per heavy atom. The van der Waals surface area contributed by atoms with E-state index in [0.29, 0.717) is 11.4 Å². The fourth-order valence-corrected chi connectivity index (χ4v) is 3.31. The second-order valence-corrected chi connectivity index (χ2v) is 7.97. The topological polar surface area (TPSA) is 106 Å². The molecule has 9 heteroatoms. The lowest BCUT2D eigenvalue weighted by Gasteiger charge is -2.22. The highest BCUT2D eigenvalue weighted by Crippen LogP contribution is 2.15. The molecule has 0 radical (unpaired) electrons. The van der Waals surface area contributed by atoms with Crippen LogP contribution in [0.1, 0.15) is 34.8 Å². The number of benzene rings is 2. The van der Waals surface area contributed by atoms with Crippen molar-refractivity contribution in [3.05, 3.63) is 90.3 Å². The van der Waals surface area contributed by atoms with Crippen LogP contribution in [-0.2, 0) is 19.1 Å². The molecule has 0 aliphatic rings. The molecule has 0 unspecified atom stereocenters. The van der Waals surface area contributed by atoms with Crippen LogP contribution in [0.4, 0.5) is 11.4 Å². The van der Waals surface area contributed by atoms with E-state index in [0.717, 1.165) is 0 Å². The number of hydrogen-bond acceptors (Lipinski definition) is 7. The lowest BCUT2D eigenvalue weighted by atomic mass is 10.2. The van der Waals surface area contributed by atoms with Gasteiger partial charge in [-0.05, 0) is 50.2 Å². The minimum Gasteiger partial charge on any atom is -0.448 e.